The molecule has 0 aliphatic carbocycles. The zero-order chi connectivity index (χ0) is 17.8. The number of amides is 1. The summed E-state index contributed by atoms with van der Waals surface area (Å²) in [5, 5.41) is 2.82. The molecule has 3 heteroatoms. The molecule has 0 radical (unpaired) electrons. The molecule has 126 valence electrons. The van der Waals surface area contributed by atoms with Gasteiger partial charge < -0.3 is 5.32 Å². The molecule has 1 atom stereocenters. The van der Waals surface area contributed by atoms with Crippen molar-refractivity contribution in [1.29, 1.82) is 0 Å². The van der Waals surface area contributed by atoms with E-state index >= 15 is 0 Å². The summed E-state index contributed by atoms with van der Waals surface area (Å²) < 4.78 is 0. The first kappa shape index (κ1) is 19.1. The van der Waals surface area contributed by atoms with Crippen LogP contribution in [-0.4, -0.2) is 17.7 Å². The summed E-state index contributed by atoms with van der Waals surface area (Å²) in [4.78, 5) is 24.6. The summed E-state index contributed by atoms with van der Waals surface area (Å²) in [5.74, 6) is 0.227. The maximum absolute atomic E-state index is 12.7. The van der Waals surface area contributed by atoms with Gasteiger partial charge in [0.15, 0.2) is 5.78 Å². The minimum absolute atomic E-state index is 0.0278. The van der Waals surface area contributed by atoms with Crippen LogP contribution >= 0.6 is 0 Å². The van der Waals surface area contributed by atoms with Crippen LogP contribution < -0.4 is 5.32 Å². The van der Waals surface area contributed by atoms with E-state index < -0.39 is 11.5 Å². The zero-order valence-electron chi connectivity index (χ0n) is 15.2. The molecule has 0 spiro atoms. The first-order valence-electron chi connectivity index (χ1n) is 8.12. The largest absolute Gasteiger partial charge is 0.342 e. The van der Waals surface area contributed by atoms with Gasteiger partial charge in [-0.2, -0.15) is 0 Å². The van der Waals surface area contributed by atoms with Crippen molar-refractivity contribution in [3.8, 4) is 0 Å². The van der Waals surface area contributed by atoms with Gasteiger partial charge in [0.05, 0.1) is 6.04 Å². The molecule has 0 fully saturated rings. The Kier molecular flexibility index (Phi) is 6.31. The Morgan fingerprint density at radius 2 is 1.65 bits per heavy atom. The zero-order valence-corrected chi connectivity index (χ0v) is 15.2. The maximum Gasteiger partial charge on any atom is 0.246 e. The van der Waals surface area contributed by atoms with Crippen LogP contribution in [0.2, 0.25) is 0 Å². The molecule has 0 aliphatic heterocycles. The molecule has 0 aliphatic rings. The Balaban J connectivity index is 2.98. The molecule has 0 aromatic heterocycles. The Hall–Kier alpha value is -1.90. The van der Waals surface area contributed by atoms with Gasteiger partial charge in [-0.15, -0.1) is 0 Å². The van der Waals surface area contributed by atoms with E-state index in [2.05, 4.69) is 37.9 Å². The van der Waals surface area contributed by atoms with Crippen LogP contribution in [0.4, 0.5) is 0 Å². The lowest BCUT2D eigenvalue weighted by atomic mass is 9.84. The highest BCUT2D eigenvalue weighted by Crippen LogP contribution is 2.20. The van der Waals surface area contributed by atoms with Crippen LogP contribution in [0.15, 0.2) is 36.4 Å². The van der Waals surface area contributed by atoms with Gasteiger partial charge >= 0.3 is 0 Å². The predicted octanol–water partition coefficient (Wildman–Crippen LogP) is 4.03. The Morgan fingerprint density at radius 3 is 2.04 bits per heavy atom. The fraction of sp³-hybridized carbons (Fsp3) is 0.500. The summed E-state index contributed by atoms with van der Waals surface area (Å²) in [6.07, 6.45) is 0.494. The molecule has 0 bridgehead atoms. The number of Topliss-reactive ketones (excluding diaryl/α,β-unsaturated/α-hetero) is 1. The molecule has 1 aromatic rings. The SMILES string of the molecule is C=C(C)C(=O)NC(Cc1ccc(C(C)C)cc1)C(=O)C(C)(C)C. The van der Waals surface area contributed by atoms with Crippen molar-refractivity contribution in [3.05, 3.63) is 47.5 Å². The van der Waals surface area contributed by atoms with Crippen LogP contribution in [0, 0.1) is 5.41 Å². The van der Waals surface area contributed by atoms with E-state index in [9.17, 15) is 9.59 Å². The standard InChI is InChI=1S/C20H29NO2/c1-13(2)16-10-8-15(9-11-16)12-17(18(22)20(5,6)7)21-19(23)14(3)4/h8-11,13,17H,3,12H2,1-2,4-7H3,(H,21,23). The number of ketones is 1. The fourth-order valence-electron chi connectivity index (χ4n) is 2.29. The number of benzene rings is 1. The third-order valence-corrected chi connectivity index (χ3v) is 3.83. The number of carbonyl (C=O) groups is 2. The van der Waals surface area contributed by atoms with Gasteiger partial charge in [0.25, 0.3) is 0 Å². The van der Waals surface area contributed by atoms with Gasteiger partial charge in [-0.1, -0.05) is 65.5 Å². The van der Waals surface area contributed by atoms with Crippen molar-refractivity contribution < 1.29 is 9.59 Å². The fourth-order valence-corrected chi connectivity index (χ4v) is 2.29. The van der Waals surface area contributed by atoms with Crippen LogP contribution in [0.25, 0.3) is 0 Å². The second-order valence-corrected chi connectivity index (χ2v) is 7.52. The van der Waals surface area contributed by atoms with Crippen LogP contribution in [0.5, 0.6) is 0 Å². The van der Waals surface area contributed by atoms with E-state index in [0.717, 1.165) is 5.56 Å². The smallest absolute Gasteiger partial charge is 0.246 e. The highest BCUT2D eigenvalue weighted by Gasteiger charge is 2.30. The second kappa shape index (κ2) is 7.58. The number of hydrogen-bond donors (Lipinski definition) is 1. The van der Waals surface area contributed by atoms with E-state index in [1.807, 2.05) is 32.9 Å². The van der Waals surface area contributed by atoms with Crippen molar-refractivity contribution in [2.24, 2.45) is 5.41 Å². The molecule has 1 aromatic carbocycles. The summed E-state index contributed by atoms with van der Waals surface area (Å²) in [5.41, 5.74) is 2.20. The molecule has 1 unspecified atom stereocenters. The topological polar surface area (TPSA) is 46.2 Å². The van der Waals surface area contributed by atoms with E-state index in [0.29, 0.717) is 17.9 Å². The lowest BCUT2D eigenvalue weighted by molar-refractivity contribution is -0.131. The van der Waals surface area contributed by atoms with Crippen molar-refractivity contribution >= 4 is 11.7 Å². The third kappa shape index (κ3) is 5.66. The van der Waals surface area contributed by atoms with Crippen LogP contribution in [0.1, 0.15) is 58.6 Å². The van der Waals surface area contributed by atoms with Gasteiger partial charge in [-0.05, 0) is 30.4 Å². The van der Waals surface area contributed by atoms with Crippen molar-refractivity contribution in [2.45, 2.75) is 59.9 Å². The summed E-state index contributed by atoms with van der Waals surface area (Å²) in [6, 6.07) is 7.69. The number of nitrogens with one attached hydrogen (secondary N) is 1. The first-order chi connectivity index (χ1) is 10.5. The van der Waals surface area contributed by atoms with Crippen LogP contribution in [0.3, 0.4) is 0 Å². The highest BCUT2D eigenvalue weighted by atomic mass is 16.2. The molecule has 23 heavy (non-hydrogen) atoms. The minimum atomic E-state index is -0.538. The van der Waals surface area contributed by atoms with E-state index in [1.54, 1.807) is 6.92 Å². The molecule has 1 amide bonds. The molecule has 3 nitrogen and oxygen atoms in total. The molecule has 0 heterocycles. The molecule has 1 N–H and O–H groups in total. The summed E-state index contributed by atoms with van der Waals surface area (Å²) in [6.45, 7) is 15.2. The normalized spacial score (nSPS) is 12.8. The number of hydrogen-bond acceptors (Lipinski definition) is 2. The summed E-state index contributed by atoms with van der Waals surface area (Å²) in [7, 11) is 0. The van der Waals surface area contributed by atoms with E-state index in [1.165, 1.54) is 5.56 Å². The molecule has 0 saturated carbocycles. The second-order valence-electron chi connectivity index (χ2n) is 7.52. The Morgan fingerprint density at radius 1 is 1.13 bits per heavy atom. The van der Waals surface area contributed by atoms with Crippen LogP contribution in [-0.2, 0) is 16.0 Å². The average molecular weight is 315 g/mol. The molecule has 1 rings (SSSR count). The van der Waals surface area contributed by atoms with Crippen molar-refractivity contribution in [1.82, 2.24) is 5.32 Å². The van der Waals surface area contributed by atoms with E-state index in [-0.39, 0.29) is 11.7 Å². The van der Waals surface area contributed by atoms with Gasteiger partial charge in [0, 0.05) is 11.0 Å². The highest BCUT2D eigenvalue weighted by molar-refractivity contribution is 5.98. The minimum Gasteiger partial charge on any atom is -0.342 e. The third-order valence-electron chi connectivity index (χ3n) is 3.83. The molecular weight excluding hydrogens is 286 g/mol. The Bertz CT molecular complexity index is 577. The average Bonchev–Trinajstić information content (AvgIpc) is 2.45. The first-order valence-corrected chi connectivity index (χ1v) is 8.12. The van der Waals surface area contributed by atoms with Gasteiger partial charge in [-0.3, -0.25) is 9.59 Å². The monoisotopic (exact) mass is 315 g/mol. The lowest BCUT2D eigenvalue weighted by Gasteiger charge is -2.26. The Labute approximate surface area is 140 Å². The summed E-state index contributed by atoms with van der Waals surface area (Å²) >= 11 is 0. The van der Waals surface area contributed by atoms with Gasteiger partial charge in [0.1, 0.15) is 0 Å². The van der Waals surface area contributed by atoms with Gasteiger partial charge in [-0.25, -0.2) is 0 Å². The van der Waals surface area contributed by atoms with Gasteiger partial charge in [0.2, 0.25) is 5.91 Å². The van der Waals surface area contributed by atoms with Crippen molar-refractivity contribution in [2.75, 3.05) is 0 Å². The maximum atomic E-state index is 12.7. The molecular formula is C20H29NO2. The predicted molar refractivity (Wildman–Crippen MR) is 95.4 cm³/mol. The number of carbonyl (C=O) groups excluding carboxylic acids is 2. The quantitative estimate of drug-likeness (QED) is 0.806. The van der Waals surface area contributed by atoms with Crippen molar-refractivity contribution in [3.63, 3.8) is 0 Å². The van der Waals surface area contributed by atoms with E-state index in [4.69, 9.17) is 0 Å². The number of rotatable bonds is 6. The molecule has 0 saturated heterocycles. The lowest BCUT2D eigenvalue weighted by Crippen LogP contribution is -2.47.